The predicted molar refractivity (Wildman–Crippen MR) is 77.9 cm³/mol. The first-order valence-electron chi connectivity index (χ1n) is 5.87. The van der Waals surface area contributed by atoms with Gasteiger partial charge in [-0.2, -0.15) is 0 Å². The third-order valence-corrected chi connectivity index (χ3v) is 4.13. The van der Waals surface area contributed by atoms with E-state index in [4.69, 9.17) is 17.3 Å². The van der Waals surface area contributed by atoms with Gasteiger partial charge in [0.1, 0.15) is 0 Å². The number of imidazole rings is 1. The monoisotopic (exact) mass is 281 g/mol. The molecule has 2 rings (SSSR count). The fraction of sp³-hybridized carbons (Fsp3) is 0.308. The molecule has 18 heavy (non-hydrogen) atoms. The first kappa shape index (κ1) is 13.3. The van der Waals surface area contributed by atoms with Crippen LogP contribution in [0.4, 0.5) is 5.69 Å². The summed E-state index contributed by atoms with van der Waals surface area (Å²) in [6.07, 6.45) is 4.90. The molecule has 0 spiro atoms. The van der Waals surface area contributed by atoms with Gasteiger partial charge in [0.25, 0.3) is 0 Å². The number of nitrogens with zero attached hydrogens (tertiary/aromatic N) is 2. The third-order valence-electron chi connectivity index (χ3n) is 2.59. The average Bonchev–Trinajstić information content (AvgIpc) is 2.76. The fourth-order valence-corrected chi connectivity index (χ4v) is 2.95. The van der Waals surface area contributed by atoms with Gasteiger partial charge in [0, 0.05) is 34.8 Å². The molecule has 2 aromatic rings. The summed E-state index contributed by atoms with van der Waals surface area (Å²) in [5, 5.41) is 0.710. The average molecular weight is 282 g/mol. The van der Waals surface area contributed by atoms with Crippen LogP contribution in [-0.2, 0) is 12.3 Å². The van der Waals surface area contributed by atoms with Gasteiger partial charge in [-0.05, 0) is 24.6 Å². The number of halogens is 1. The van der Waals surface area contributed by atoms with E-state index in [1.165, 1.54) is 5.69 Å². The van der Waals surface area contributed by atoms with E-state index in [2.05, 4.69) is 16.5 Å². The second kappa shape index (κ2) is 6.16. The van der Waals surface area contributed by atoms with Crippen LogP contribution in [0.2, 0.25) is 5.02 Å². The maximum Gasteiger partial charge on any atom is 0.0948 e. The van der Waals surface area contributed by atoms with Crippen molar-refractivity contribution >= 4 is 29.1 Å². The van der Waals surface area contributed by atoms with Crippen molar-refractivity contribution in [2.75, 3.05) is 5.73 Å². The lowest BCUT2D eigenvalue weighted by molar-refractivity contribution is 0.659. The molecule has 0 saturated carbocycles. The van der Waals surface area contributed by atoms with Crippen LogP contribution >= 0.6 is 23.4 Å². The lowest BCUT2D eigenvalue weighted by Gasteiger charge is -2.07. The summed E-state index contributed by atoms with van der Waals surface area (Å²) in [5.41, 5.74) is 7.59. The Morgan fingerprint density at radius 3 is 3.00 bits per heavy atom. The zero-order chi connectivity index (χ0) is 13.0. The van der Waals surface area contributed by atoms with Crippen molar-refractivity contribution in [1.82, 2.24) is 9.55 Å². The second-order valence-electron chi connectivity index (χ2n) is 4.06. The molecule has 3 nitrogen and oxygen atoms in total. The molecule has 1 aromatic carbocycles. The van der Waals surface area contributed by atoms with Crippen molar-refractivity contribution < 1.29 is 0 Å². The lowest BCUT2D eigenvalue weighted by Crippen LogP contribution is -1.99. The van der Waals surface area contributed by atoms with Crippen LogP contribution in [-0.4, -0.2) is 9.55 Å². The highest BCUT2D eigenvalue weighted by molar-refractivity contribution is 7.98. The molecular weight excluding hydrogens is 266 g/mol. The maximum absolute atomic E-state index is 6.15. The number of rotatable bonds is 5. The third kappa shape index (κ3) is 3.21. The molecule has 5 heteroatoms. The quantitative estimate of drug-likeness (QED) is 0.669. The van der Waals surface area contributed by atoms with Gasteiger partial charge < -0.3 is 10.3 Å². The van der Waals surface area contributed by atoms with Crippen molar-refractivity contribution in [3.63, 3.8) is 0 Å². The van der Waals surface area contributed by atoms with E-state index in [1.807, 2.05) is 24.7 Å². The Kier molecular flexibility index (Phi) is 4.55. The van der Waals surface area contributed by atoms with E-state index in [0.717, 1.165) is 23.6 Å². The highest BCUT2D eigenvalue weighted by Gasteiger charge is 2.05. The van der Waals surface area contributed by atoms with Crippen molar-refractivity contribution in [3.8, 4) is 0 Å². The number of aromatic nitrogens is 2. The van der Waals surface area contributed by atoms with Crippen molar-refractivity contribution in [2.45, 2.75) is 30.5 Å². The number of hydrogen-bond acceptors (Lipinski definition) is 3. The summed E-state index contributed by atoms with van der Waals surface area (Å²) in [4.78, 5) is 5.24. The van der Waals surface area contributed by atoms with E-state index in [9.17, 15) is 0 Å². The van der Waals surface area contributed by atoms with Gasteiger partial charge in [-0.15, -0.1) is 11.8 Å². The molecule has 0 fully saturated rings. The Hall–Kier alpha value is -1.13. The molecule has 0 saturated heterocycles. The second-order valence-corrected chi connectivity index (χ2v) is 5.48. The fourth-order valence-electron chi connectivity index (χ4n) is 1.70. The molecule has 0 aliphatic carbocycles. The Labute approximate surface area is 116 Å². The largest absolute Gasteiger partial charge is 0.399 e. The van der Waals surface area contributed by atoms with E-state index in [-0.39, 0.29) is 0 Å². The Bertz CT molecular complexity index is 525. The highest BCUT2D eigenvalue weighted by Crippen LogP contribution is 2.31. The number of benzene rings is 1. The number of thioether (sulfide) groups is 1. The first-order valence-corrected chi connectivity index (χ1v) is 7.24. The topological polar surface area (TPSA) is 43.8 Å². The number of anilines is 1. The molecule has 1 aromatic heterocycles. The maximum atomic E-state index is 6.15. The van der Waals surface area contributed by atoms with E-state index in [1.54, 1.807) is 17.8 Å². The smallest absolute Gasteiger partial charge is 0.0948 e. The van der Waals surface area contributed by atoms with Crippen LogP contribution in [0.5, 0.6) is 0 Å². The van der Waals surface area contributed by atoms with Gasteiger partial charge in [-0.25, -0.2) is 4.98 Å². The molecule has 1 heterocycles. The number of aryl methyl sites for hydroxylation is 1. The zero-order valence-electron chi connectivity index (χ0n) is 10.3. The van der Waals surface area contributed by atoms with E-state index in [0.29, 0.717) is 10.7 Å². The summed E-state index contributed by atoms with van der Waals surface area (Å²) >= 11 is 7.85. The molecule has 0 atom stereocenters. The number of hydrogen-bond donors (Lipinski definition) is 1. The molecular formula is C13H16ClN3S. The summed E-state index contributed by atoms with van der Waals surface area (Å²) in [6, 6.07) is 5.62. The van der Waals surface area contributed by atoms with Crippen LogP contribution in [0.15, 0.2) is 35.6 Å². The molecule has 0 bridgehead atoms. The van der Waals surface area contributed by atoms with Gasteiger partial charge in [-0.3, -0.25) is 0 Å². The standard InChI is InChI=1S/C13H16ClN3S/c1-2-5-17-9-16-7-11(17)8-18-13-4-3-10(15)6-12(13)14/h3-4,6-7,9H,2,5,8,15H2,1H3. The highest BCUT2D eigenvalue weighted by atomic mass is 35.5. The van der Waals surface area contributed by atoms with Gasteiger partial charge in [0.05, 0.1) is 11.3 Å². The predicted octanol–water partition coefficient (Wildman–Crippen LogP) is 3.82. The zero-order valence-corrected chi connectivity index (χ0v) is 11.8. The van der Waals surface area contributed by atoms with Gasteiger partial charge in [0.2, 0.25) is 0 Å². The van der Waals surface area contributed by atoms with Crippen LogP contribution in [0.25, 0.3) is 0 Å². The molecule has 96 valence electrons. The Morgan fingerprint density at radius 1 is 1.44 bits per heavy atom. The molecule has 0 amide bonds. The van der Waals surface area contributed by atoms with Crippen LogP contribution < -0.4 is 5.73 Å². The lowest BCUT2D eigenvalue weighted by atomic mass is 10.3. The minimum atomic E-state index is 0.695. The first-order chi connectivity index (χ1) is 8.70. The summed E-state index contributed by atoms with van der Waals surface area (Å²) < 4.78 is 2.18. The molecule has 0 aliphatic rings. The van der Waals surface area contributed by atoms with Crippen molar-refractivity contribution in [2.24, 2.45) is 0 Å². The van der Waals surface area contributed by atoms with Gasteiger partial charge >= 0.3 is 0 Å². The normalized spacial score (nSPS) is 10.8. The SMILES string of the molecule is CCCn1cncc1CSc1ccc(N)cc1Cl. The minimum Gasteiger partial charge on any atom is -0.399 e. The summed E-state index contributed by atoms with van der Waals surface area (Å²) in [5.74, 6) is 0.865. The van der Waals surface area contributed by atoms with E-state index >= 15 is 0 Å². The van der Waals surface area contributed by atoms with Gasteiger partial charge in [0.15, 0.2) is 0 Å². The molecule has 0 radical (unpaired) electrons. The Balaban J connectivity index is 2.04. The minimum absolute atomic E-state index is 0.695. The van der Waals surface area contributed by atoms with Crippen LogP contribution in [0.1, 0.15) is 19.0 Å². The van der Waals surface area contributed by atoms with Crippen LogP contribution in [0, 0.1) is 0 Å². The van der Waals surface area contributed by atoms with Gasteiger partial charge in [-0.1, -0.05) is 18.5 Å². The molecule has 0 unspecified atom stereocenters. The van der Waals surface area contributed by atoms with E-state index < -0.39 is 0 Å². The summed E-state index contributed by atoms with van der Waals surface area (Å²) in [7, 11) is 0. The summed E-state index contributed by atoms with van der Waals surface area (Å²) in [6.45, 7) is 3.17. The van der Waals surface area contributed by atoms with Crippen molar-refractivity contribution in [1.29, 1.82) is 0 Å². The molecule has 0 aliphatic heterocycles. The molecule has 2 N–H and O–H groups in total. The Morgan fingerprint density at radius 2 is 2.28 bits per heavy atom. The van der Waals surface area contributed by atoms with Crippen LogP contribution in [0.3, 0.4) is 0 Å². The number of nitrogen functional groups attached to an aromatic ring is 1. The van der Waals surface area contributed by atoms with Crippen molar-refractivity contribution in [3.05, 3.63) is 41.4 Å². The number of nitrogens with two attached hydrogens (primary N) is 1.